The van der Waals surface area contributed by atoms with Gasteiger partial charge in [0.15, 0.2) is 0 Å². The van der Waals surface area contributed by atoms with E-state index in [4.69, 9.17) is 9.47 Å². The molecule has 0 radical (unpaired) electrons. The van der Waals surface area contributed by atoms with Gasteiger partial charge in [-0.05, 0) is 34.1 Å². The van der Waals surface area contributed by atoms with Gasteiger partial charge in [0, 0.05) is 26.2 Å². The first kappa shape index (κ1) is 16.9. The molecule has 1 aliphatic rings. The minimum Gasteiger partial charge on any atom is -0.379 e. The number of morpholine rings is 1. The zero-order valence-corrected chi connectivity index (χ0v) is 12.5. The fourth-order valence-electron chi connectivity index (χ4n) is 2.07. The van der Waals surface area contributed by atoms with E-state index in [0.29, 0.717) is 18.3 Å². The van der Waals surface area contributed by atoms with Crippen LogP contribution in [-0.4, -0.2) is 49.5 Å². The summed E-state index contributed by atoms with van der Waals surface area (Å²) >= 11 is 0. The molecule has 0 aromatic carbocycles. The van der Waals surface area contributed by atoms with Gasteiger partial charge >= 0.3 is 0 Å². The summed E-state index contributed by atoms with van der Waals surface area (Å²) in [6, 6.07) is 0. The van der Waals surface area contributed by atoms with E-state index in [2.05, 4.69) is 32.6 Å². The van der Waals surface area contributed by atoms with Crippen LogP contribution in [0.5, 0.6) is 0 Å². The molecule has 1 rings (SSSR count). The maximum Gasteiger partial charge on any atom is 0.0678 e. The van der Waals surface area contributed by atoms with Crippen LogP contribution in [0.1, 0.15) is 48.0 Å². The number of hydrogen-bond donors (Lipinski definition) is 0. The molecule has 1 fully saturated rings. The molecule has 0 aliphatic carbocycles. The highest BCUT2D eigenvalue weighted by Gasteiger charge is 2.21. The van der Waals surface area contributed by atoms with Crippen molar-refractivity contribution in [1.82, 2.24) is 4.90 Å². The first-order chi connectivity index (χ1) is 8.08. The van der Waals surface area contributed by atoms with Crippen LogP contribution in [0.4, 0.5) is 0 Å². The van der Waals surface area contributed by atoms with Crippen molar-refractivity contribution >= 4 is 0 Å². The Morgan fingerprint density at radius 3 is 2.18 bits per heavy atom. The standard InChI is InChI=1S/C12H25NO2.C2H6/c1-10(2)14-7-5-6-13-8-11(3)15-12(4)9-13;1-2/h10-12H,5-9H2,1-4H3;1-2H3. The first-order valence-corrected chi connectivity index (χ1v) is 7.07. The number of ether oxygens (including phenoxy) is 2. The number of rotatable bonds is 5. The third-order valence-corrected chi connectivity index (χ3v) is 2.57. The molecule has 0 amide bonds. The summed E-state index contributed by atoms with van der Waals surface area (Å²) in [6.45, 7) is 16.6. The van der Waals surface area contributed by atoms with Crippen molar-refractivity contribution in [2.45, 2.75) is 66.3 Å². The molecule has 2 atom stereocenters. The van der Waals surface area contributed by atoms with E-state index in [-0.39, 0.29) is 0 Å². The van der Waals surface area contributed by atoms with E-state index in [1.165, 1.54) is 0 Å². The lowest BCUT2D eigenvalue weighted by Crippen LogP contribution is -2.45. The Labute approximate surface area is 107 Å². The van der Waals surface area contributed by atoms with Crippen LogP contribution in [-0.2, 0) is 9.47 Å². The van der Waals surface area contributed by atoms with Gasteiger partial charge in [0.2, 0.25) is 0 Å². The van der Waals surface area contributed by atoms with Gasteiger partial charge in [0.1, 0.15) is 0 Å². The number of hydrogen-bond acceptors (Lipinski definition) is 3. The molecule has 104 valence electrons. The lowest BCUT2D eigenvalue weighted by atomic mass is 10.2. The second-order valence-corrected chi connectivity index (χ2v) is 4.79. The maximum atomic E-state index is 5.69. The maximum absolute atomic E-state index is 5.69. The molecular formula is C14H31NO2. The predicted octanol–water partition coefficient (Wildman–Crippen LogP) is 2.94. The summed E-state index contributed by atoms with van der Waals surface area (Å²) < 4.78 is 11.2. The molecule has 1 aliphatic heterocycles. The quantitative estimate of drug-likeness (QED) is 0.695. The van der Waals surface area contributed by atoms with Crippen molar-refractivity contribution in [3.8, 4) is 0 Å². The lowest BCUT2D eigenvalue weighted by molar-refractivity contribution is -0.0698. The molecular weight excluding hydrogens is 214 g/mol. The third-order valence-electron chi connectivity index (χ3n) is 2.57. The average Bonchev–Trinajstić information content (AvgIpc) is 2.26. The minimum absolute atomic E-state index is 0.354. The van der Waals surface area contributed by atoms with Gasteiger partial charge < -0.3 is 9.47 Å². The summed E-state index contributed by atoms with van der Waals surface area (Å²) in [7, 11) is 0. The smallest absolute Gasteiger partial charge is 0.0678 e. The fourth-order valence-corrected chi connectivity index (χ4v) is 2.07. The highest BCUT2D eigenvalue weighted by atomic mass is 16.5. The van der Waals surface area contributed by atoms with E-state index >= 15 is 0 Å². The van der Waals surface area contributed by atoms with Gasteiger partial charge in [0.05, 0.1) is 18.3 Å². The second-order valence-electron chi connectivity index (χ2n) is 4.79. The van der Waals surface area contributed by atoms with Crippen LogP contribution in [0.2, 0.25) is 0 Å². The van der Waals surface area contributed by atoms with E-state index in [1.54, 1.807) is 0 Å². The predicted molar refractivity (Wildman–Crippen MR) is 73.5 cm³/mol. The first-order valence-electron chi connectivity index (χ1n) is 7.07. The second kappa shape index (κ2) is 9.86. The fraction of sp³-hybridized carbons (Fsp3) is 1.00. The van der Waals surface area contributed by atoms with Gasteiger partial charge in [-0.1, -0.05) is 13.8 Å². The molecule has 17 heavy (non-hydrogen) atoms. The summed E-state index contributed by atoms with van der Waals surface area (Å²) in [6.07, 6.45) is 2.23. The van der Waals surface area contributed by atoms with Crippen LogP contribution >= 0.6 is 0 Å². The molecule has 0 aromatic rings. The molecule has 1 saturated heterocycles. The summed E-state index contributed by atoms with van der Waals surface area (Å²) in [5.41, 5.74) is 0. The Hall–Kier alpha value is -0.120. The van der Waals surface area contributed by atoms with Crippen LogP contribution in [0.15, 0.2) is 0 Å². The van der Waals surface area contributed by atoms with E-state index in [0.717, 1.165) is 32.7 Å². The Balaban J connectivity index is 0.00000121. The molecule has 2 unspecified atom stereocenters. The van der Waals surface area contributed by atoms with Gasteiger partial charge in [-0.25, -0.2) is 0 Å². The van der Waals surface area contributed by atoms with Gasteiger partial charge in [-0.3, -0.25) is 4.90 Å². The van der Waals surface area contributed by atoms with Gasteiger partial charge in [-0.15, -0.1) is 0 Å². The normalized spacial score (nSPS) is 25.6. The third kappa shape index (κ3) is 8.58. The van der Waals surface area contributed by atoms with Gasteiger partial charge in [-0.2, -0.15) is 0 Å². The van der Waals surface area contributed by atoms with Crippen molar-refractivity contribution < 1.29 is 9.47 Å². The molecule has 0 bridgehead atoms. The molecule has 0 spiro atoms. The van der Waals surface area contributed by atoms with Crippen molar-refractivity contribution in [2.24, 2.45) is 0 Å². The molecule has 0 aromatic heterocycles. The summed E-state index contributed by atoms with van der Waals surface area (Å²) in [5.74, 6) is 0. The minimum atomic E-state index is 0.354. The average molecular weight is 245 g/mol. The Bertz CT molecular complexity index is 164. The largest absolute Gasteiger partial charge is 0.379 e. The topological polar surface area (TPSA) is 21.7 Å². The Morgan fingerprint density at radius 2 is 1.71 bits per heavy atom. The van der Waals surface area contributed by atoms with Gasteiger partial charge in [0.25, 0.3) is 0 Å². The highest BCUT2D eigenvalue weighted by Crippen LogP contribution is 2.10. The van der Waals surface area contributed by atoms with Crippen LogP contribution in [0.25, 0.3) is 0 Å². The van der Waals surface area contributed by atoms with Crippen molar-refractivity contribution in [3.05, 3.63) is 0 Å². The van der Waals surface area contributed by atoms with E-state index in [1.807, 2.05) is 13.8 Å². The van der Waals surface area contributed by atoms with Crippen molar-refractivity contribution in [1.29, 1.82) is 0 Å². The lowest BCUT2D eigenvalue weighted by Gasteiger charge is -2.35. The van der Waals surface area contributed by atoms with E-state index in [9.17, 15) is 0 Å². The molecule has 1 heterocycles. The molecule has 0 N–H and O–H groups in total. The molecule has 0 saturated carbocycles. The van der Waals surface area contributed by atoms with Crippen molar-refractivity contribution in [3.63, 3.8) is 0 Å². The SMILES string of the molecule is CC.CC(C)OCCCN1CC(C)OC(C)C1. The molecule has 3 heteroatoms. The van der Waals surface area contributed by atoms with Crippen LogP contribution < -0.4 is 0 Å². The molecule has 3 nitrogen and oxygen atoms in total. The zero-order valence-electron chi connectivity index (χ0n) is 12.5. The van der Waals surface area contributed by atoms with E-state index < -0.39 is 0 Å². The highest BCUT2D eigenvalue weighted by molar-refractivity contribution is 4.72. The van der Waals surface area contributed by atoms with Crippen LogP contribution in [0.3, 0.4) is 0 Å². The monoisotopic (exact) mass is 245 g/mol. The Kier molecular flexibility index (Phi) is 9.79. The summed E-state index contributed by atoms with van der Waals surface area (Å²) in [5, 5.41) is 0. The van der Waals surface area contributed by atoms with Crippen molar-refractivity contribution in [2.75, 3.05) is 26.2 Å². The van der Waals surface area contributed by atoms with Crippen LogP contribution in [0, 0.1) is 0 Å². The zero-order chi connectivity index (χ0) is 13.3. The number of nitrogens with zero attached hydrogens (tertiary/aromatic N) is 1. The Morgan fingerprint density at radius 1 is 1.18 bits per heavy atom. The summed E-state index contributed by atoms with van der Waals surface area (Å²) in [4.78, 5) is 2.47.